The van der Waals surface area contributed by atoms with Gasteiger partial charge >= 0.3 is 0 Å². The van der Waals surface area contributed by atoms with Crippen LogP contribution in [0.25, 0.3) is 11.5 Å². The van der Waals surface area contributed by atoms with Gasteiger partial charge in [0.05, 0.1) is 26.0 Å². The fourth-order valence-corrected chi connectivity index (χ4v) is 2.26. The molecule has 0 fully saturated rings. The van der Waals surface area contributed by atoms with E-state index >= 15 is 0 Å². The molecule has 1 aromatic carbocycles. The highest BCUT2D eigenvalue weighted by molar-refractivity contribution is 5.56. The molecule has 0 saturated carbocycles. The van der Waals surface area contributed by atoms with Crippen molar-refractivity contribution in [2.75, 3.05) is 33.4 Å². The number of benzene rings is 1. The minimum atomic E-state index is -0.447. The topological polar surface area (TPSA) is 79.0 Å². The van der Waals surface area contributed by atoms with Crippen LogP contribution in [0.4, 0.5) is 4.39 Å². The van der Waals surface area contributed by atoms with Gasteiger partial charge in [0, 0.05) is 25.2 Å². The van der Waals surface area contributed by atoms with Crippen molar-refractivity contribution in [1.82, 2.24) is 9.88 Å². The summed E-state index contributed by atoms with van der Waals surface area (Å²) in [6.07, 6.45) is 0. The Hall–Kier alpha value is -1.96. The van der Waals surface area contributed by atoms with Crippen molar-refractivity contribution in [3.8, 4) is 17.2 Å². The van der Waals surface area contributed by atoms with Crippen molar-refractivity contribution in [1.29, 1.82) is 0 Å². The van der Waals surface area contributed by atoms with Gasteiger partial charge in [0.1, 0.15) is 5.76 Å². The maximum Gasteiger partial charge on any atom is 0.226 e. The number of nitrogens with zero attached hydrogens (tertiary/aromatic N) is 2. The standard InChI is InChI=1S/C16H21FN2O4/c1-11-14(10-19(5-7-20)6-8-21)18-16(23-11)12-3-4-13(17)15(9-12)22-2/h3-4,9,20-21H,5-8,10H2,1-2H3. The fourth-order valence-electron chi connectivity index (χ4n) is 2.26. The van der Waals surface area contributed by atoms with Crippen molar-refractivity contribution >= 4 is 0 Å². The molecule has 6 nitrogen and oxygen atoms in total. The van der Waals surface area contributed by atoms with E-state index in [9.17, 15) is 4.39 Å². The normalized spacial score (nSPS) is 11.2. The Bertz CT molecular complexity index is 639. The molecule has 0 aliphatic heterocycles. The number of ether oxygens (including phenoxy) is 1. The van der Waals surface area contributed by atoms with Crippen molar-refractivity contribution in [2.24, 2.45) is 0 Å². The number of aliphatic hydroxyl groups excluding tert-OH is 2. The molecule has 1 aromatic heterocycles. The maximum atomic E-state index is 13.5. The molecule has 0 unspecified atom stereocenters. The number of halogens is 1. The number of aliphatic hydroxyl groups is 2. The highest BCUT2D eigenvalue weighted by atomic mass is 19.1. The summed E-state index contributed by atoms with van der Waals surface area (Å²) >= 11 is 0. The molecule has 0 saturated heterocycles. The van der Waals surface area contributed by atoms with E-state index in [0.717, 1.165) is 0 Å². The van der Waals surface area contributed by atoms with Crippen LogP contribution in [0.1, 0.15) is 11.5 Å². The molecule has 0 spiro atoms. The van der Waals surface area contributed by atoms with Gasteiger partial charge in [-0.25, -0.2) is 9.37 Å². The first-order chi connectivity index (χ1) is 11.1. The lowest BCUT2D eigenvalue weighted by Crippen LogP contribution is -2.29. The first-order valence-electron chi connectivity index (χ1n) is 7.33. The van der Waals surface area contributed by atoms with Crippen molar-refractivity contribution in [3.05, 3.63) is 35.5 Å². The summed E-state index contributed by atoms with van der Waals surface area (Å²) < 4.78 is 24.1. The first-order valence-corrected chi connectivity index (χ1v) is 7.33. The molecular formula is C16H21FN2O4. The molecule has 0 radical (unpaired) electrons. The highest BCUT2D eigenvalue weighted by Crippen LogP contribution is 2.27. The molecule has 0 aliphatic carbocycles. The maximum absolute atomic E-state index is 13.5. The van der Waals surface area contributed by atoms with Gasteiger partial charge in [-0.05, 0) is 25.1 Å². The number of rotatable bonds is 8. The summed E-state index contributed by atoms with van der Waals surface area (Å²) in [5, 5.41) is 18.1. The van der Waals surface area contributed by atoms with E-state index in [0.29, 0.717) is 42.5 Å². The third-order valence-corrected chi connectivity index (χ3v) is 3.50. The minimum absolute atomic E-state index is 0.00107. The van der Waals surface area contributed by atoms with Crippen molar-refractivity contribution < 1.29 is 23.8 Å². The third-order valence-electron chi connectivity index (χ3n) is 3.50. The van der Waals surface area contributed by atoms with E-state index in [1.807, 2.05) is 4.90 Å². The van der Waals surface area contributed by atoms with E-state index in [1.165, 1.54) is 19.2 Å². The van der Waals surface area contributed by atoms with E-state index in [4.69, 9.17) is 19.4 Å². The molecule has 2 N–H and O–H groups in total. The van der Waals surface area contributed by atoms with Gasteiger partial charge in [-0.1, -0.05) is 0 Å². The summed E-state index contributed by atoms with van der Waals surface area (Å²) in [4.78, 5) is 6.31. The van der Waals surface area contributed by atoms with Gasteiger partial charge < -0.3 is 19.4 Å². The second-order valence-corrected chi connectivity index (χ2v) is 5.09. The van der Waals surface area contributed by atoms with Crippen LogP contribution in [-0.4, -0.2) is 53.5 Å². The lowest BCUT2D eigenvalue weighted by Gasteiger charge is -2.18. The Morgan fingerprint density at radius 1 is 1.26 bits per heavy atom. The van der Waals surface area contributed by atoms with Crippen LogP contribution >= 0.6 is 0 Å². The van der Waals surface area contributed by atoms with E-state index in [-0.39, 0.29) is 19.0 Å². The van der Waals surface area contributed by atoms with Crippen LogP contribution < -0.4 is 4.74 Å². The number of aromatic nitrogens is 1. The molecule has 0 amide bonds. The molecule has 126 valence electrons. The molecule has 0 atom stereocenters. The smallest absolute Gasteiger partial charge is 0.226 e. The van der Waals surface area contributed by atoms with E-state index in [2.05, 4.69) is 4.98 Å². The molecule has 0 aliphatic rings. The Balaban J connectivity index is 2.23. The lowest BCUT2D eigenvalue weighted by atomic mass is 10.2. The minimum Gasteiger partial charge on any atom is -0.494 e. The Morgan fingerprint density at radius 3 is 2.57 bits per heavy atom. The predicted octanol–water partition coefficient (Wildman–Crippen LogP) is 1.58. The van der Waals surface area contributed by atoms with Crippen molar-refractivity contribution in [2.45, 2.75) is 13.5 Å². The predicted molar refractivity (Wildman–Crippen MR) is 82.6 cm³/mol. The SMILES string of the molecule is COc1cc(-c2nc(CN(CCO)CCO)c(C)o2)ccc1F. The number of methoxy groups -OCH3 is 1. The van der Waals surface area contributed by atoms with Gasteiger partial charge in [-0.3, -0.25) is 4.90 Å². The van der Waals surface area contributed by atoms with Crippen LogP contribution in [-0.2, 0) is 6.54 Å². The molecule has 0 bridgehead atoms. The zero-order chi connectivity index (χ0) is 16.8. The summed E-state index contributed by atoms with van der Waals surface area (Å²) in [7, 11) is 1.40. The quantitative estimate of drug-likeness (QED) is 0.768. The molecule has 7 heteroatoms. The number of hydrogen-bond donors (Lipinski definition) is 2. The van der Waals surface area contributed by atoms with Crippen LogP contribution in [0, 0.1) is 12.7 Å². The highest BCUT2D eigenvalue weighted by Gasteiger charge is 2.16. The van der Waals surface area contributed by atoms with Gasteiger partial charge in [-0.15, -0.1) is 0 Å². The van der Waals surface area contributed by atoms with Gasteiger partial charge in [0.15, 0.2) is 11.6 Å². The van der Waals surface area contributed by atoms with Crippen LogP contribution in [0.3, 0.4) is 0 Å². The largest absolute Gasteiger partial charge is 0.494 e. The fraction of sp³-hybridized carbons (Fsp3) is 0.438. The van der Waals surface area contributed by atoms with E-state index < -0.39 is 5.82 Å². The second-order valence-electron chi connectivity index (χ2n) is 5.09. The zero-order valence-corrected chi connectivity index (χ0v) is 13.3. The Kier molecular flexibility index (Phi) is 6.09. The summed E-state index contributed by atoms with van der Waals surface area (Å²) in [6.45, 7) is 3.12. The number of oxazole rings is 1. The Labute approximate surface area is 134 Å². The number of aryl methyl sites for hydroxylation is 1. The molecule has 2 aromatic rings. The van der Waals surface area contributed by atoms with Crippen LogP contribution in [0.15, 0.2) is 22.6 Å². The summed E-state index contributed by atoms with van der Waals surface area (Å²) in [6, 6.07) is 4.41. The third kappa shape index (κ3) is 4.28. The molecule has 2 rings (SSSR count). The van der Waals surface area contributed by atoms with Gasteiger partial charge in [0.25, 0.3) is 0 Å². The Morgan fingerprint density at radius 2 is 1.96 bits per heavy atom. The van der Waals surface area contributed by atoms with Crippen LogP contribution in [0.5, 0.6) is 5.75 Å². The average Bonchev–Trinajstić information content (AvgIpc) is 2.89. The van der Waals surface area contributed by atoms with Gasteiger partial charge in [-0.2, -0.15) is 0 Å². The summed E-state index contributed by atoms with van der Waals surface area (Å²) in [5.41, 5.74) is 1.33. The summed E-state index contributed by atoms with van der Waals surface area (Å²) in [5.74, 6) is 0.701. The number of hydrogen-bond acceptors (Lipinski definition) is 6. The molecular weight excluding hydrogens is 303 g/mol. The van der Waals surface area contributed by atoms with Gasteiger partial charge in [0.2, 0.25) is 5.89 Å². The van der Waals surface area contributed by atoms with Crippen LogP contribution in [0.2, 0.25) is 0 Å². The van der Waals surface area contributed by atoms with Crippen molar-refractivity contribution in [3.63, 3.8) is 0 Å². The second kappa shape index (κ2) is 8.05. The lowest BCUT2D eigenvalue weighted by molar-refractivity contribution is 0.154. The first kappa shape index (κ1) is 17.4. The van der Waals surface area contributed by atoms with E-state index in [1.54, 1.807) is 13.0 Å². The molecule has 1 heterocycles. The average molecular weight is 324 g/mol. The molecule has 23 heavy (non-hydrogen) atoms. The monoisotopic (exact) mass is 324 g/mol. The zero-order valence-electron chi connectivity index (χ0n) is 13.3.